The van der Waals surface area contributed by atoms with Gasteiger partial charge in [0.1, 0.15) is 90.0 Å². The summed E-state index contributed by atoms with van der Waals surface area (Å²) in [6, 6.07) is 16.2. The van der Waals surface area contributed by atoms with Crippen LogP contribution in [0, 0.1) is 23.5 Å². The number of carboxylic acids is 1. The molecule has 0 aliphatic carbocycles. The number of aliphatic hydroxyl groups excluding tert-OH is 2. The van der Waals surface area contributed by atoms with Crippen molar-refractivity contribution in [2.45, 2.75) is 189 Å². The number of aromatic hydroxyl groups is 1. The Labute approximate surface area is 800 Å². The number of hydrogen-bond acceptors (Lipinski definition) is 22. The van der Waals surface area contributed by atoms with E-state index in [1.165, 1.54) is 73.5 Å². The maximum absolute atomic E-state index is 15.9. The highest BCUT2D eigenvalue weighted by Crippen LogP contribution is 2.29. The number of carbonyl (C=O) groups excluding carboxylic acids is 15. The third-order valence-corrected chi connectivity index (χ3v) is 25.4. The number of hydrogen-bond donors (Lipinski definition) is 15. The fourth-order valence-corrected chi connectivity index (χ4v) is 17.8. The van der Waals surface area contributed by atoms with Gasteiger partial charge in [0.25, 0.3) is 0 Å². The lowest BCUT2D eigenvalue weighted by molar-refractivity contribution is -0.153. The van der Waals surface area contributed by atoms with E-state index in [2.05, 4.69) is 52.8 Å². The molecular formula is C97H120F2N16O22S. The molecule has 3 aliphatic rings. The number of aromatic nitrogens is 1. The quantitative estimate of drug-likeness (QED) is 0.0397. The Morgan fingerprint density at radius 2 is 1.00 bits per heavy atom. The molecule has 0 radical (unpaired) electrons. The second kappa shape index (κ2) is 49.7. The van der Waals surface area contributed by atoms with E-state index < -0.39 is 266 Å². The number of rotatable bonds is 24. The van der Waals surface area contributed by atoms with E-state index in [0.717, 1.165) is 42.7 Å². The van der Waals surface area contributed by atoms with Crippen molar-refractivity contribution in [3.05, 3.63) is 203 Å². The van der Waals surface area contributed by atoms with Crippen LogP contribution < -0.4 is 58.3 Å². The third kappa shape index (κ3) is 29.1. The number of primary amides is 1. The number of nitrogens with zero attached hydrogens (tertiary/aromatic N) is 5. The number of carbonyl (C=O) groups is 16. The second-order valence-electron chi connectivity index (χ2n) is 35.4. The zero-order chi connectivity index (χ0) is 100. The van der Waals surface area contributed by atoms with E-state index in [-0.39, 0.29) is 62.9 Å². The van der Waals surface area contributed by atoms with Crippen molar-refractivity contribution in [3.8, 4) is 11.5 Å². The molecule has 10 rings (SSSR count). The van der Waals surface area contributed by atoms with Crippen LogP contribution in [0.25, 0.3) is 10.9 Å². The molecule has 41 heteroatoms. The van der Waals surface area contributed by atoms with Crippen molar-refractivity contribution in [1.29, 1.82) is 0 Å². The van der Waals surface area contributed by atoms with Crippen molar-refractivity contribution >= 4 is 117 Å². The summed E-state index contributed by atoms with van der Waals surface area (Å²) in [5.74, 6) is -21.8. The first kappa shape index (κ1) is 106. The monoisotopic (exact) mass is 1930 g/mol. The van der Waals surface area contributed by atoms with Gasteiger partial charge in [0.05, 0.1) is 38.0 Å². The number of thioether (sulfide) groups is 1. The minimum atomic E-state index is -2.05. The molecule has 0 bridgehead atoms. The average Bonchev–Trinajstić information content (AvgIpc) is 1.56. The lowest BCUT2D eigenvalue weighted by Gasteiger charge is -2.37. The summed E-state index contributed by atoms with van der Waals surface area (Å²) in [6.07, 6.45) is -6.05. The van der Waals surface area contributed by atoms with E-state index >= 15 is 52.3 Å². The fourth-order valence-electron chi connectivity index (χ4n) is 16.9. The highest BCUT2D eigenvalue weighted by Gasteiger charge is 2.49. The molecule has 7 aromatic rings. The van der Waals surface area contributed by atoms with E-state index in [1.807, 2.05) is 0 Å². The molecule has 4 heterocycles. The average molecular weight is 1930 g/mol. The van der Waals surface area contributed by atoms with Gasteiger partial charge in [-0.2, -0.15) is 0 Å². The standard InChI is InChI=1S/C97H120F2N16O22S/c1-53(2)36-69-86(124)109-75(85(123)102-48-81(100)119)51-138-52-82(120)103-73(40-59-28-33-66(98)67(99)37-59)93(131)113(7)80(42-56-20-14-11-15-21-56)95(133)111(5)76(34-35-136-8)96(134)115-50-63(118)45-79(115)92(130)107-72(46-83(121)122)89(127)110-84(54(3)4)97(135)112(6)77(41-55-18-12-10-13-19-55)90(128)108-74(39-58-26-31-64(137-9)32-27-58)94(132)114-49-62(117)44-78(114)91(129)106-71(43-60-47-101-68-23-17-16-22-65(60)68)88(126)105-70(87(125)104-69)38-57-24-29-61(116)30-25-57/h10-33,37,47,53-54,62-63,69-80,84,101,116-118H,34-36,38-46,48-52H2,1-9H3,(H2,100,119)(H,102,123)(H,103,120)(H,104,125)(H,105,126)(H,106,129)(H,107,130)(H,108,128)(H,109,124)(H,110,127)(H,121,122)/t62-,63-,69-,70-,71-,72-,73-,74-,75-,76-,77-,78+,79+,80-,84-/m0/s1. The van der Waals surface area contributed by atoms with Gasteiger partial charge in [-0.15, -0.1) is 11.8 Å². The summed E-state index contributed by atoms with van der Waals surface area (Å²) in [6.45, 7) is 4.35. The number of halogens is 2. The number of H-pyrrole nitrogens is 1. The number of likely N-dealkylation sites (N-methyl/N-ethyl adjacent to an activating group) is 3. The summed E-state index contributed by atoms with van der Waals surface area (Å²) in [5.41, 5.74) is 8.19. The van der Waals surface area contributed by atoms with E-state index in [9.17, 15) is 53.6 Å². The minimum absolute atomic E-state index is 0.0407. The normalized spacial score (nSPS) is 24.2. The minimum Gasteiger partial charge on any atom is -0.508 e. The number of nitrogens with one attached hydrogen (secondary N) is 10. The van der Waals surface area contributed by atoms with Gasteiger partial charge < -0.3 is 113 Å². The second-order valence-corrected chi connectivity index (χ2v) is 36.5. The molecule has 0 spiro atoms. The molecule has 1 aromatic heterocycles. The Morgan fingerprint density at radius 1 is 0.507 bits per heavy atom. The van der Waals surface area contributed by atoms with Crippen LogP contribution in [-0.4, -0.2) is 308 Å². The Hall–Kier alpha value is -13.9. The maximum Gasteiger partial charge on any atom is 0.305 e. The number of phenols is 1. The molecule has 0 unspecified atom stereocenters. The molecule has 38 nitrogen and oxygen atoms in total. The molecule has 16 N–H and O–H groups in total. The highest BCUT2D eigenvalue weighted by atomic mass is 32.2. The number of aliphatic carboxylic acids is 1. The number of carboxylic acid groups (broad SMARTS) is 1. The van der Waals surface area contributed by atoms with Gasteiger partial charge >= 0.3 is 5.97 Å². The summed E-state index contributed by atoms with van der Waals surface area (Å²) in [4.78, 5) is 248. The number of para-hydroxylation sites is 1. The Balaban J connectivity index is 1.07. The molecule has 3 aliphatic heterocycles. The lowest BCUT2D eigenvalue weighted by Crippen LogP contribution is -2.62. The van der Waals surface area contributed by atoms with Gasteiger partial charge in [0, 0.05) is 129 Å². The van der Waals surface area contributed by atoms with Crippen molar-refractivity contribution in [3.63, 3.8) is 0 Å². The molecule has 740 valence electrons. The van der Waals surface area contributed by atoms with Crippen LogP contribution in [0.2, 0.25) is 0 Å². The molecule has 15 amide bonds. The van der Waals surface area contributed by atoms with Crippen LogP contribution in [-0.2, 0) is 120 Å². The van der Waals surface area contributed by atoms with Crippen molar-refractivity contribution < 1.29 is 115 Å². The zero-order valence-corrected chi connectivity index (χ0v) is 78.8. The number of methoxy groups -OCH3 is 2. The van der Waals surface area contributed by atoms with Gasteiger partial charge in [-0.3, -0.25) is 76.7 Å². The zero-order valence-electron chi connectivity index (χ0n) is 78.0. The van der Waals surface area contributed by atoms with Crippen molar-refractivity contribution in [2.24, 2.45) is 17.6 Å². The van der Waals surface area contributed by atoms with E-state index in [0.29, 0.717) is 56.2 Å². The molecule has 3 fully saturated rings. The number of fused-ring (bicyclic) bond motifs is 3. The van der Waals surface area contributed by atoms with Crippen molar-refractivity contribution in [1.82, 2.24) is 77.3 Å². The predicted molar refractivity (Wildman–Crippen MR) is 501 cm³/mol. The predicted octanol–water partition coefficient (Wildman–Crippen LogP) is 0.761. The van der Waals surface area contributed by atoms with Crippen LogP contribution in [0.15, 0.2) is 158 Å². The Bertz CT molecular complexity index is 5510. The van der Waals surface area contributed by atoms with Gasteiger partial charge in [0.15, 0.2) is 11.6 Å². The summed E-state index contributed by atoms with van der Waals surface area (Å²) in [7, 11) is 6.39. The molecular weight excluding hydrogens is 1810 g/mol. The van der Waals surface area contributed by atoms with E-state index in [1.54, 1.807) is 129 Å². The topological polar surface area (TPSA) is 539 Å². The SMILES string of the molecule is COCC[C@H]1C(=O)N2C[C@@H](O)C[C@@H]2C(=O)N[C@@H](CC(=O)O)C(=O)N[C@@H](C(C)C)C(=O)N(C)[C@@H](Cc2ccccc2)C(=O)N[C@@H](Cc2ccc(OC)cc2)C(=O)N2C[C@@H](O)C[C@@H]2C(=O)N[C@@H](Cc2c[nH]c3ccccc23)C(=O)N[C@@H](Cc2ccc(O)cc2)C(=O)N[C@@H](CC(C)C)C(=O)N[C@H](C(=O)NCC(N)=O)CSCC(=O)N[C@@H](Cc2ccc(F)c(F)c2)C(=O)N(C)[C@@H](Cc2ccccc2)C(=O)N1C. The summed E-state index contributed by atoms with van der Waals surface area (Å²) in [5, 5.41) is 68.3. The first-order valence-electron chi connectivity index (χ1n) is 45.2. The largest absolute Gasteiger partial charge is 0.508 e. The van der Waals surface area contributed by atoms with Crippen molar-refractivity contribution in [2.75, 3.05) is 73.1 Å². The van der Waals surface area contributed by atoms with Crippen LogP contribution >= 0.6 is 11.8 Å². The van der Waals surface area contributed by atoms with E-state index in [4.69, 9.17) is 15.2 Å². The number of nitrogens with two attached hydrogens (primary N) is 1. The third-order valence-electron chi connectivity index (χ3n) is 24.4. The summed E-state index contributed by atoms with van der Waals surface area (Å²) < 4.78 is 40.8. The molecule has 0 saturated carbocycles. The van der Waals surface area contributed by atoms with Gasteiger partial charge in [-0.25, -0.2) is 8.78 Å². The van der Waals surface area contributed by atoms with Gasteiger partial charge in [-0.1, -0.05) is 137 Å². The fraction of sp³-hybridized carbons (Fsp3) is 0.443. The molecule has 3 saturated heterocycles. The highest BCUT2D eigenvalue weighted by molar-refractivity contribution is 8.00. The van der Waals surface area contributed by atoms with Crippen LogP contribution in [0.5, 0.6) is 11.5 Å². The summed E-state index contributed by atoms with van der Waals surface area (Å²) >= 11 is 0.701. The first-order chi connectivity index (χ1) is 65.7. The number of phenolic OH excluding ortho intramolecular Hbond substituents is 1. The number of benzene rings is 6. The number of aliphatic hydroxyl groups is 2. The lowest BCUT2D eigenvalue weighted by atomic mass is 9.98. The van der Waals surface area contributed by atoms with Crippen LogP contribution in [0.1, 0.15) is 93.2 Å². The number of ether oxygens (including phenoxy) is 2. The molecule has 6 aromatic carbocycles. The molecule has 138 heavy (non-hydrogen) atoms. The van der Waals surface area contributed by atoms with Gasteiger partial charge in [-0.05, 0) is 94.1 Å². The maximum atomic E-state index is 15.9. The number of amides is 15. The smallest absolute Gasteiger partial charge is 0.305 e. The Kier molecular flexibility index (Phi) is 38.2. The first-order valence-corrected chi connectivity index (χ1v) is 46.4. The number of aromatic amines is 1. The molecule has 15 atom stereocenters. The Morgan fingerprint density at radius 3 is 1.58 bits per heavy atom. The van der Waals surface area contributed by atoms with Gasteiger partial charge in [0.2, 0.25) is 88.6 Å². The van der Waals surface area contributed by atoms with Crippen LogP contribution in [0.3, 0.4) is 0 Å². The van der Waals surface area contributed by atoms with Crippen LogP contribution in [0.4, 0.5) is 8.78 Å².